The van der Waals surface area contributed by atoms with Crippen LogP contribution in [0.5, 0.6) is 0 Å². The van der Waals surface area contributed by atoms with E-state index in [0.29, 0.717) is 0 Å². The molecule has 30 heavy (non-hydrogen) atoms. The second kappa shape index (κ2) is 7.15. The molecule has 7 aromatic rings. The first-order chi connectivity index (χ1) is 14.9. The van der Waals surface area contributed by atoms with Crippen LogP contribution >= 0.6 is 42.3 Å². The molecule has 5 aromatic carbocycles. The van der Waals surface area contributed by atoms with Crippen molar-refractivity contribution in [3.05, 3.63) is 84.9 Å². The summed E-state index contributed by atoms with van der Waals surface area (Å²) in [5, 5.41) is 10.7. The minimum Gasteiger partial charge on any atom is -0.354 e. The van der Waals surface area contributed by atoms with Crippen molar-refractivity contribution in [2.24, 2.45) is 0 Å². The van der Waals surface area contributed by atoms with Crippen LogP contribution in [-0.4, -0.2) is 4.98 Å². The molecule has 4 heteroatoms. The molecule has 0 spiro atoms. The third kappa shape index (κ3) is 2.47. The SMILES string of the molecule is SI.c1ccc2c(c1)ccc1[nH]c3c4ccccc4c4c5ccccc5sc4c3c12. The number of thiophene rings is 1. The molecule has 1 N–H and O–H groups in total. The Hall–Kier alpha value is -2.28. The molecule has 7 rings (SSSR count). The molecule has 0 saturated carbocycles. The molecule has 1 nitrogen and oxygen atoms in total. The Kier molecular flexibility index (Phi) is 4.41. The summed E-state index contributed by atoms with van der Waals surface area (Å²) in [6.07, 6.45) is 0. The second-order valence-electron chi connectivity index (χ2n) is 7.43. The average molecular weight is 533 g/mol. The highest BCUT2D eigenvalue weighted by Gasteiger charge is 2.18. The third-order valence-electron chi connectivity index (χ3n) is 5.98. The fourth-order valence-electron chi connectivity index (χ4n) is 4.80. The van der Waals surface area contributed by atoms with Crippen molar-refractivity contribution in [3.63, 3.8) is 0 Å². The summed E-state index contributed by atoms with van der Waals surface area (Å²) in [5.74, 6) is 0. The van der Waals surface area contributed by atoms with E-state index in [1.807, 2.05) is 32.5 Å². The molecule has 144 valence electrons. The minimum atomic E-state index is 1.21. The number of fused-ring (bicyclic) bond motifs is 12. The fraction of sp³-hybridized carbons (Fsp3) is 0. The van der Waals surface area contributed by atoms with Crippen LogP contribution in [-0.2, 0) is 0 Å². The van der Waals surface area contributed by atoms with Crippen LogP contribution in [0.1, 0.15) is 0 Å². The summed E-state index contributed by atoms with van der Waals surface area (Å²) in [5.41, 5.74) is 2.46. The molecule has 0 radical (unpaired) electrons. The van der Waals surface area contributed by atoms with Crippen LogP contribution in [0, 0.1) is 0 Å². The van der Waals surface area contributed by atoms with Gasteiger partial charge in [0.1, 0.15) is 0 Å². The number of H-pyrrole nitrogens is 1. The van der Waals surface area contributed by atoms with Crippen molar-refractivity contribution in [3.8, 4) is 0 Å². The number of thiol groups is 1. The average Bonchev–Trinajstić information content (AvgIpc) is 3.40. The van der Waals surface area contributed by atoms with Crippen molar-refractivity contribution in [2.75, 3.05) is 0 Å². The van der Waals surface area contributed by atoms with Gasteiger partial charge in [-0.1, -0.05) is 72.8 Å². The molecule has 0 fully saturated rings. The van der Waals surface area contributed by atoms with Gasteiger partial charge in [0.2, 0.25) is 0 Å². The zero-order valence-corrected chi connectivity index (χ0v) is 19.7. The molecule has 0 aliphatic heterocycles. The van der Waals surface area contributed by atoms with Gasteiger partial charge >= 0.3 is 0 Å². The van der Waals surface area contributed by atoms with Crippen LogP contribution in [0.4, 0.5) is 0 Å². The van der Waals surface area contributed by atoms with Crippen LogP contribution in [0.15, 0.2) is 84.9 Å². The zero-order chi connectivity index (χ0) is 20.2. The summed E-state index contributed by atoms with van der Waals surface area (Å²) in [7, 11) is 3.50. The summed E-state index contributed by atoms with van der Waals surface area (Å²) >= 11 is 3.76. The lowest BCUT2D eigenvalue weighted by Crippen LogP contribution is -1.78. The molecule has 0 amide bonds. The maximum atomic E-state index is 3.76. The zero-order valence-electron chi connectivity index (χ0n) is 15.8. The Labute approximate surface area is 194 Å². The monoisotopic (exact) mass is 533 g/mol. The Morgan fingerprint density at radius 1 is 0.600 bits per heavy atom. The quantitative estimate of drug-likeness (QED) is 0.143. The number of hydrogen-bond donors (Lipinski definition) is 2. The van der Waals surface area contributed by atoms with Crippen molar-refractivity contribution >= 4 is 106 Å². The normalized spacial score (nSPS) is 11.7. The van der Waals surface area contributed by atoms with Gasteiger partial charge in [0, 0.05) is 41.8 Å². The lowest BCUT2D eigenvalue weighted by Gasteiger charge is -2.05. The largest absolute Gasteiger partial charge is 0.354 e. The molecule has 0 bridgehead atoms. The number of aromatic nitrogens is 1. The Bertz CT molecular complexity index is 1730. The van der Waals surface area contributed by atoms with E-state index in [9.17, 15) is 0 Å². The van der Waals surface area contributed by atoms with Crippen LogP contribution in [0.2, 0.25) is 0 Å². The van der Waals surface area contributed by atoms with Crippen molar-refractivity contribution < 1.29 is 0 Å². The van der Waals surface area contributed by atoms with Crippen molar-refractivity contribution in [1.29, 1.82) is 0 Å². The number of rotatable bonds is 0. The van der Waals surface area contributed by atoms with Crippen LogP contribution < -0.4 is 0 Å². The summed E-state index contributed by atoms with van der Waals surface area (Å²) in [4.78, 5) is 3.76. The summed E-state index contributed by atoms with van der Waals surface area (Å²) < 4.78 is 2.74. The Morgan fingerprint density at radius 2 is 1.27 bits per heavy atom. The van der Waals surface area contributed by atoms with Gasteiger partial charge in [-0.2, -0.15) is 0 Å². The van der Waals surface area contributed by atoms with Gasteiger partial charge in [-0.25, -0.2) is 0 Å². The van der Waals surface area contributed by atoms with Gasteiger partial charge in [-0.15, -0.1) is 21.1 Å². The first-order valence-corrected chi connectivity index (χ1v) is 13.8. The molecular formula is C26H16INS2. The van der Waals surface area contributed by atoms with E-state index in [1.54, 1.807) is 0 Å². The van der Waals surface area contributed by atoms with E-state index in [2.05, 4.69) is 99.7 Å². The molecule has 2 heterocycles. The minimum absolute atomic E-state index is 1.21. The van der Waals surface area contributed by atoms with Gasteiger partial charge in [0.25, 0.3) is 0 Å². The molecule has 0 saturated heterocycles. The highest BCUT2D eigenvalue weighted by molar-refractivity contribution is 14.2. The lowest BCUT2D eigenvalue weighted by atomic mass is 9.98. The predicted octanol–water partition coefficient (Wildman–Crippen LogP) is 9.26. The lowest BCUT2D eigenvalue weighted by molar-refractivity contribution is 1.57. The van der Waals surface area contributed by atoms with E-state index in [-0.39, 0.29) is 0 Å². The van der Waals surface area contributed by atoms with Gasteiger partial charge in [-0.05, 0) is 49.5 Å². The number of benzene rings is 5. The maximum Gasteiger partial charge on any atom is 0.0559 e. The van der Waals surface area contributed by atoms with E-state index < -0.39 is 0 Å². The number of nitrogens with one attached hydrogen (secondary N) is 1. The molecule has 2 aromatic heterocycles. The number of aromatic amines is 1. The van der Waals surface area contributed by atoms with Crippen molar-refractivity contribution in [2.45, 2.75) is 0 Å². The third-order valence-corrected chi connectivity index (χ3v) is 7.17. The van der Waals surface area contributed by atoms with Crippen molar-refractivity contribution in [1.82, 2.24) is 4.98 Å². The highest BCUT2D eigenvalue weighted by Crippen LogP contribution is 2.47. The van der Waals surface area contributed by atoms with Crippen LogP contribution in [0.25, 0.3) is 63.5 Å². The van der Waals surface area contributed by atoms with Gasteiger partial charge in [-0.3, -0.25) is 0 Å². The van der Waals surface area contributed by atoms with E-state index in [0.717, 1.165) is 0 Å². The van der Waals surface area contributed by atoms with E-state index >= 15 is 0 Å². The highest BCUT2D eigenvalue weighted by atomic mass is 127. The molecule has 0 atom stereocenters. The first kappa shape index (κ1) is 18.5. The molecule has 0 aliphatic carbocycles. The number of hydrogen-bond acceptors (Lipinski definition) is 2. The maximum absolute atomic E-state index is 3.76. The van der Waals surface area contributed by atoms with Crippen LogP contribution in [0.3, 0.4) is 0 Å². The summed E-state index contributed by atoms with van der Waals surface area (Å²) in [6.45, 7) is 0. The standard InChI is InChI=1S/C26H15NS.HIS/c1-2-8-16-15(7-1)13-14-20-23(16)24-25(27-20)18-10-4-3-9-17(18)22-19-11-5-6-12-21(19)28-26(22)24;1-2/h1-14,27H;2H. The van der Waals surface area contributed by atoms with Gasteiger partial charge in [0.15, 0.2) is 0 Å². The molecular weight excluding hydrogens is 517 g/mol. The Balaban J connectivity index is 0.000000852. The Morgan fingerprint density at radius 3 is 2.10 bits per heavy atom. The molecule has 0 aliphatic rings. The fourth-order valence-corrected chi connectivity index (χ4v) is 6.08. The predicted molar refractivity (Wildman–Crippen MR) is 147 cm³/mol. The van der Waals surface area contributed by atoms with Gasteiger partial charge in [0.05, 0.1) is 5.52 Å². The van der Waals surface area contributed by atoms with E-state index in [1.165, 1.54) is 63.5 Å². The smallest absolute Gasteiger partial charge is 0.0559 e. The molecule has 0 unspecified atom stereocenters. The van der Waals surface area contributed by atoms with Gasteiger partial charge < -0.3 is 4.98 Å². The van der Waals surface area contributed by atoms with E-state index in [4.69, 9.17) is 0 Å². The topological polar surface area (TPSA) is 15.8 Å². The second-order valence-corrected chi connectivity index (χ2v) is 8.48. The number of halogens is 1. The first-order valence-electron chi connectivity index (χ1n) is 9.72. The summed E-state index contributed by atoms with van der Waals surface area (Å²) in [6, 6.07) is 30.8.